The third kappa shape index (κ3) is 4.39. The van der Waals surface area contributed by atoms with Crippen molar-refractivity contribution in [1.82, 2.24) is 0 Å². The normalized spacial score (nSPS) is 21.8. The molecular weight excluding hydrogens is 270 g/mol. The molecular formula is C6H7F2O6S2-. The summed E-state index contributed by atoms with van der Waals surface area (Å²) in [5.74, 6) is -0.848. The van der Waals surface area contributed by atoms with Crippen LogP contribution in [0, 0.1) is 0 Å². The highest BCUT2D eigenvalue weighted by Gasteiger charge is 2.45. The predicted octanol–water partition coefficient (Wildman–Crippen LogP) is 0.0836. The summed E-state index contributed by atoms with van der Waals surface area (Å²) in [5, 5.41) is 8.02. The number of carbonyl (C=O) groups is 1. The van der Waals surface area contributed by atoms with Crippen molar-refractivity contribution in [2.75, 3.05) is 18.1 Å². The molecule has 1 aliphatic heterocycles. The summed E-state index contributed by atoms with van der Waals surface area (Å²) in [4.78, 5) is 10.9. The van der Waals surface area contributed by atoms with E-state index >= 15 is 0 Å². The summed E-state index contributed by atoms with van der Waals surface area (Å²) >= 11 is 0.684. The van der Waals surface area contributed by atoms with Gasteiger partial charge in [-0.2, -0.15) is 24.9 Å². The molecule has 1 fully saturated rings. The number of thioether (sulfide) groups is 1. The number of hydrogen-bond donors (Lipinski definition) is 0. The molecule has 0 aromatic carbocycles. The van der Waals surface area contributed by atoms with Crippen LogP contribution in [0.15, 0.2) is 0 Å². The Hall–Kier alpha value is -0.130. The Kier molecular flexibility index (Phi) is 5.72. The molecule has 1 atom stereocenters. The Morgan fingerprint density at radius 3 is 2.94 bits per heavy atom. The summed E-state index contributed by atoms with van der Waals surface area (Å²) in [6.45, 7) is 0.321. The van der Waals surface area contributed by atoms with Crippen molar-refractivity contribution < 1.29 is 37.7 Å². The maximum absolute atomic E-state index is 12.8. The first kappa shape index (κ1) is 13.9. The van der Waals surface area contributed by atoms with Crippen molar-refractivity contribution in [2.45, 2.75) is 11.5 Å². The summed E-state index contributed by atoms with van der Waals surface area (Å²) in [6, 6.07) is 0. The van der Waals surface area contributed by atoms with Gasteiger partial charge >= 0.3 is 11.2 Å². The van der Waals surface area contributed by atoms with E-state index in [-0.39, 0.29) is 5.75 Å². The van der Waals surface area contributed by atoms with Crippen LogP contribution < -0.4 is 5.26 Å². The zero-order valence-corrected chi connectivity index (χ0v) is 9.35. The second-order valence-electron chi connectivity index (χ2n) is 2.52. The summed E-state index contributed by atoms with van der Waals surface area (Å²) in [6.07, 6.45) is -1.01. The molecule has 0 aromatic rings. The van der Waals surface area contributed by atoms with E-state index in [1.165, 1.54) is 11.8 Å². The molecule has 10 heteroatoms. The van der Waals surface area contributed by atoms with Gasteiger partial charge in [-0.15, -0.1) is 0 Å². The van der Waals surface area contributed by atoms with Crippen molar-refractivity contribution in [3.8, 4) is 0 Å². The highest BCUT2D eigenvalue weighted by molar-refractivity contribution is 7.99. The lowest BCUT2D eigenvalue weighted by atomic mass is 10.6. The SMILES string of the molecule is O=C(OC1CSCCO1)C(F)(F)SOO[O-]. The van der Waals surface area contributed by atoms with Crippen LogP contribution in [0.5, 0.6) is 0 Å². The number of alkyl halides is 2. The maximum Gasteiger partial charge on any atom is 0.415 e. The van der Waals surface area contributed by atoms with Gasteiger partial charge in [0.2, 0.25) is 6.29 Å². The van der Waals surface area contributed by atoms with E-state index in [1.54, 1.807) is 0 Å². The van der Waals surface area contributed by atoms with Gasteiger partial charge in [0.05, 0.1) is 12.4 Å². The van der Waals surface area contributed by atoms with E-state index in [0.29, 0.717) is 12.4 Å². The van der Waals surface area contributed by atoms with Crippen LogP contribution in [-0.2, 0) is 23.6 Å². The highest BCUT2D eigenvalue weighted by atomic mass is 32.2. The van der Waals surface area contributed by atoms with Gasteiger partial charge in [0.1, 0.15) is 12.0 Å². The van der Waals surface area contributed by atoms with Crippen molar-refractivity contribution >= 4 is 29.8 Å². The lowest BCUT2D eigenvalue weighted by Gasteiger charge is -2.23. The second-order valence-corrected chi connectivity index (χ2v) is 4.48. The van der Waals surface area contributed by atoms with Crippen LogP contribution >= 0.6 is 23.8 Å². The van der Waals surface area contributed by atoms with E-state index in [2.05, 4.69) is 14.1 Å². The van der Waals surface area contributed by atoms with Gasteiger partial charge in [0, 0.05) is 5.75 Å². The van der Waals surface area contributed by atoms with E-state index in [1.807, 2.05) is 0 Å². The number of esters is 1. The zero-order chi connectivity index (χ0) is 12.0. The third-order valence-electron chi connectivity index (χ3n) is 1.43. The molecule has 0 radical (unpaired) electrons. The summed E-state index contributed by atoms with van der Waals surface area (Å²) in [5.41, 5.74) is 0. The number of hydrogen-bond acceptors (Lipinski definition) is 8. The zero-order valence-electron chi connectivity index (χ0n) is 7.72. The quantitative estimate of drug-likeness (QED) is 0.303. The first-order valence-corrected chi connectivity index (χ1v) is 5.88. The largest absolute Gasteiger partial charge is 0.691 e. The van der Waals surface area contributed by atoms with E-state index < -0.39 is 29.6 Å². The Labute approximate surface area is 97.6 Å². The van der Waals surface area contributed by atoms with Gasteiger partial charge in [-0.3, -0.25) is 5.04 Å². The monoisotopic (exact) mass is 277 g/mol. The Balaban J connectivity index is 2.36. The lowest BCUT2D eigenvalue weighted by Crippen LogP contribution is -2.35. The minimum absolute atomic E-state index is 0.283. The van der Waals surface area contributed by atoms with Crippen LogP contribution in [-0.4, -0.2) is 35.6 Å². The molecule has 0 bridgehead atoms. The molecule has 0 spiro atoms. The average Bonchev–Trinajstić information content (AvgIpc) is 2.28. The van der Waals surface area contributed by atoms with Gasteiger partial charge in [-0.25, -0.2) is 4.79 Å². The van der Waals surface area contributed by atoms with Crippen molar-refractivity contribution in [2.24, 2.45) is 0 Å². The molecule has 0 aliphatic carbocycles. The van der Waals surface area contributed by atoms with E-state index in [4.69, 9.17) is 4.74 Å². The van der Waals surface area contributed by atoms with Gasteiger partial charge < -0.3 is 14.7 Å². The van der Waals surface area contributed by atoms with Crippen LogP contribution in [0.25, 0.3) is 0 Å². The van der Waals surface area contributed by atoms with Gasteiger partial charge in [0.25, 0.3) is 0 Å². The molecule has 1 unspecified atom stereocenters. The number of halogens is 2. The topological polar surface area (TPSA) is 77.1 Å². The standard InChI is InChI=1S/C6H8F2O6S2/c7-6(8,16-14-13-10)5(9)12-4-3-15-2-1-11-4/h4,10H,1-3H2/p-1. The molecule has 6 nitrogen and oxygen atoms in total. The van der Waals surface area contributed by atoms with Gasteiger partial charge in [-0.05, 0) is 0 Å². The number of carbonyl (C=O) groups excluding carboxylic acids is 1. The van der Waals surface area contributed by atoms with Crippen LogP contribution in [0.4, 0.5) is 8.78 Å². The fraction of sp³-hybridized carbons (Fsp3) is 0.833. The van der Waals surface area contributed by atoms with Gasteiger partial charge in [0.15, 0.2) is 0 Å². The molecule has 1 rings (SSSR count). The molecule has 94 valence electrons. The predicted molar refractivity (Wildman–Crippen MR) is 47.9 cm³/mol. The van der Waals surface area contributed by atoms with Crippen molar-refractivity contribution in [3.63, 3.8) is 0 Å². The molecule has 16 heavy (non-hydrogen) atoms. The Morgan fingerprint density at radius 1 is 1.62 bits per heavy atom. The van der Waals surface area contributed by atoms with Crippen molar-refractivity contribution in [3.05, 3.63) is 0 Å². The van der Waals surface area contributed by atoms with Crippen molar-refractivity contribution in [1.29, 1.82) is 0 Å². The minimum atomic E-state index is -4.02. The van der Waals surface area contributed by atoms with E-state index in [9.17, 15) is 18.8 Å². The second kappa shape index (κ2) is 6.57. The van der Waals surface area contributed by atoms with E-state index in [0.717, 1.165) is 0 Å². The smallest absolute Gasteiger partial charge is 0.415 e. The summed E-state index contributed by atoms with van der Waals surface area (Å²) in [7, 11) is 0. The first-order chi connectivity index (χ1) is 7.56. The molecule has 0 saturated carbocycles. The first-order valence-electron chi connectivity index (χ1n) is 3.99. The average molecular weight is 277 g/mol. The van der Waals surface area contributed by atoms with Crippen LogP contribution in [0.2, 0.25) is 0 Å². The Morgan fingerprint density at radius 2 is 2.38 bits per heavy atom. The molecule has 0 N–H and O–H groups in total. The minimum Gasteiger partial charge on any atom is -0.691 e. The van der Waals surface area contributed by atoms with Crippen LogP contribution in [0.3, 0.4) is 0 Å². The fourth-order valence-electron chi connectivity index (χ4n) is 0.813. The summed E-state index contributed by atoms with van der Waals surface area (Å²) < 4.78 is 38.3. The molecule has 0 amide bonds. The molecule has 0 aromatic heterocycles. The van der Waals surface area contributed by atoms with Crippen LogP contribution in [0.1, 0.15) is 0 Å². The maximum atomic E-state index is 12.8. The molecule has 1 aliphatic rings. The number of rotatable bonds is 5. The lowest BCUT2D eigenvalue weighted by molar-refractivity contribution is -0.777. The highest BCUT2D eigenvalue weighted by Crippen LogP contribution is 2.32. The number of ether oxygens (including phenoxy) is 2. The molecule has 1 saturated heterocycles. The molecule has 1 heterocycles. The van der Waals surface area contributed by atoms with Gasteiger partial charge in [-0.1, -0.05) is 0 Å². The third-order valence-corrected chi connectivity index (χ3v) is 2.89. The Bertz CT molecular complexity index is 235. The fourth-order valence-corrected chi connectivity index (χ4v) is 1.78.